The van der Waals surface area contributed by atoms with Gasteiger partial charge in [0.1, 0.15) is 24.2 Å². The summed E-state index contributed by atoms with van der Waals surface area (Å²) in [4.78, 5) is 6.48. The number of nitrogens with zero attached hydrogens (tertiary/aromatic N) is 2. The first-order valence-electron chi connectivity index (χ1n) is 6.75. The molecule has 2 heterocycles. The van der Waals surface area contributed by atoms with Crippen molar-refractivity contribution < 1.29 is 13.9 Å². The van der Waals surface area contributed by atoms with Crippen LogP contribution < -0.4 is 10.5 Å². The quantitative estimate of drug-likeness (QED) is 0.621. The lowest BCUT2D eigenvalue weighted by Gasteiger charge is -2.32. The van der Waals surface area contributed by atoms with Crippen molar-refractivity contribution in [1.82, 2.24) is 4.90 Å². The average Bonchev–Trinajstić information content (AvgIpc) is 2.81. The molecule has 6 heteroatoms. The summed E-state index contributed by atoms with van der Waals surface area (Å²) in [5.74, 6) is 0.863. The number of ether oxygens (including phenoxy) is 2. The highest BCUT2D eigenvalue weighted by molar-refractivity contribution is 5.78. The topological polar surface area (TPSA) is 60.1 Å². The zero-order valence-corrected chi connectivity index (χ0v) is 11.4. The molecule has 2 unspecified atom stereocenters. The van der Waals surface area contributed by atoms with E-state index < -0.39 is 0 Å². The standard InChI is InChI=1S/C14H18FN3O2/c1-9-7-18(4-5-19-9)14(16)17-12-8-20-13-3-2-10(15)6-11(12)13/h2-3,6,9,12H,4-5,7-8H2,1H3,(H2,16,17). The van der Waals surface area contributed by atoms with Crippen molar-refractivity contribution in [2.75, 3.05) is 26.3 Å². The van der Waals surface area contributed by atoms with Gasteiger partial charge < -0.3 is 20.1 Å². The summed E-state index contributed by atoms with van der Waals surface area (Å²) in [5.41, 5.74) is 6.82. The van der Waals surface area contributed by atoms with Gasteiger partial charge in [0.15, 0.2) is 5.96 Å². The Balaban J connectivity index is 1.78. The normalized spacial score (nSPS) is 26.3. The van der Waals surface area contributed by atoms with E-state index in [1.165, 1.54) is 12.1 Å². The van der Waals surface area contributed by atoms with E-state index in [1.807, 2.05) is 11.8 Å². The summed E-state index contributed by atoms with van der Waals surface area (Å²) in [7, 11) is 0. The molecule has 0 spiro atoms. The second kappa shape index (κ2) is 5.28. The highest BCUT2D eigenvalue weighted by atomic mass is 19.1. The van der Waals surface area contributed by atoms with Crippen LogP contribution in [0.4, 0.5) is 4.39 Å². The van der Waals surface area contributed by atoms with E-state index in [-0.39, 0.29) is 18.0 Å². The molecular weight excluding hydrogens is 261 g/mol. The van der Waals surface area contributed by atoms with Crippen molar-refractivity contribution in [3.63, 3.8) is 0 Å². The van der Waals surface area contributed by atoms with Gasteiger partial charge in [0, 0.05) is 18.7 Å². The number of halogens is 1. The van der Waals surface area contributed by atoms with E-state index in [9.17, 15) is 4.39 Å². The van der Waals surface area contributed by atoms with E-state index >= 15 is 0 Å². The van der Waals surface area contributed by atoms with Gasteiger partial charge >= 0.3 is 0 Å². The third-order valence-corrected chi connectivity index (χ3v) is 3.58. The maximum Gasteiger partial charge on any atom is 0.192 e. The van der Waals surface area contributed by atoms with E-state index in [2.05, 4.69) is 4.99 Å². The molecule has 1 aromatic carbocycles. The minimum absolute atomic E-state index is 0.141. The summed E-state index contributed by atoms with van der Waals surface area (Å²) >= 11 is 0. The molecule has 1 fully saturated rings. The molecule has 2 atom stereocenters. The van der Waals surface area contributed by atoms with Crippen LogP contribution in [0.15, 0.2) is 23.2 Å². The largest absolute Gasteiger partial charge is 0.491 e. The lowest BCUT2D eigenvalue weighted by molar-refractivity contribution is 0.00520. The molecule has 108 valence electrons. The van der Waals surface area contributed by atoms with Crippen molar-refractivity contribution in [2.45, 2.75) is 19.1 Å². The van der Waals surface area contributed by atoms with E-state index in [0.717, 1.165) is 18.7 Å². The molecule has 0 amide bonds. The number of fused-ring (bicyclic) bond motifs is 1. The second-order valence-corrected chi connectivity index (χ2v) is 5.12. The fraction of sp³-hybridized carbons (Fsp3) is 0.500. The molecule has 2 aliphatic rings. The van der Waals surface area contributed by atoms with Crippen LogP contribution in [0.5, 0.6) is 5.75 Å². The van der Waals surface area contributed by atoms with Crippen molar-refractivity contribution in [3.8, 4) is 5.75 Å². The summed E-state index contributed by atoms with van der Waals surface area (Å²) in [6, 6.07) is 4.25. The number of hydrogen-bond donors (Lipinski definition) is 1. The summed E-state index contributed by atoms with van der Waals surface area (Å²) in [6.07, 6.45) is 0.141. The van der Waals surface area contributed by atoms with Gasteiger partial charge in [-0.3, -0.25) is 0 Å². The Bertz CT molecular complexity index is 535. The fourth-order valence-electron chi connectivity index (χ4n) is 2.54. The zero-order valence-electron chi connectivity index (χ0n) is 11.4. The molecule has 20 heavy (non-hydrogen) atoms. The van der Waals surface area contributed by atoms with E-state index in [1.54, 1.807) is 6.07 Å². The monoisotopic (exact) mass is 279 g/mol. The van der Waals surface area contributed by atoms with Gasteiger partial charge in [-0.1, -0.05) is 0 Å². The molecule has 0 aliphatic carbocycles. The van der Waals surface area contributed by atoms with Gasteiger partial charge in [-0.15, -0.1) is 0 Å². The molecule has 1 aromatic rings. The summed E-state index contributed by atoms with van der Waals surface area (Å²) in [5, 5.41) is 0. The van der Waals surface area contributed by atoms with Crippen LogP contribution in [-0.4, -0.2) is 43.3 Å². The van der Waals surface area contributed by atoms with Crippen molar-refractivity contribution >= 4 is 5.96 Å². The van der Waals surface area contributed by atoms with Gasteiger partial charge in [0.2, 0.25) is 0 Å². The number of nitrogens with two attached hydrogens (primary N) is 1. The van der Waals surface area contributed by atoms with Gasteiger partial charge in [-0.2, -0.15) is 0 Å². The number of rotatable bonds is 1. The van der Waals surface area contributed by atoms with Crippen LogP contribution >= 0.6 is 0 Å². The molecular formula is C14H18FN3O2. The Morgan fingerprint density at radius 2 is 2.35 bits per heavy atom. The van der Waals surface area contributed by atoms with Gasteiger partial charge in [0.25, 0.3) is 0 Å². The Morgan fingerprint density at radius 1 is 1.50 bits per heavy atom. The molecule has 2 aliphatic heterocycles. The van der Waals surface area contributed by atoms with Crippen LogP contribution in [0, 0.1) is 5.82 Å². The number of morpholine rings is 1. The SMILES string of the molecule is CC1CN(C(N)=NC2COc3ccc(F)cc32)CCO1. The van der Waals surface area contributed by atoms with Crippen LogP contribution in [0.25, 0.3) is 0 Å². The van der Waals surface area contributed by atoms with Gasteiger partial charge in [0.05, 0.1) is 12.7 Å². The van der Waals surface area contributed by atoms with E-state index in [4.69, 9.17) is 15.2 Å². The first-order chi connectivity index (χ1) is 9.63. The molecule has 0 aromatic heterocycles. The van der Waals surface area contributed by atoms with Gasteiger partial charge in [-0.25, -0.2) is 9.38 Å². The molecule has 0 radical (unpaired) electrons. The summed E-state index contributed by atoms with van der Waals surface area (Å²) in [6.45, 7) is 4.49. The molecule has 0 bridgehead atoms. The number of benzene rings is 1. The van der Waals surface area contributed by atoms with E-state index in [0.29, 0.717) is 24.9 Å². The second-order valence-electron chi connectivity index (χ2n) is 5.12. The Hall–Kier alpha value is -1.82. The first kappa shape index (κ1) is 13.2. The fourth-order valence-corrected chi connectivity index (χ4v) is 2.54. The number of aliphatic imine (C=N–C) groups is 1. The molecule has 0 saturated carbocycles. The predicted octanol–water partition coefficient (Wildman–Crippen LogP) is 1.29. The lowest BCUT2D eigenvalue weighted by atomic mass is 10.1. The average molecular weight is 279 g/mol. The van der Waals surface area contributed by atoms with Crippen molar-refractivity contribution in [2.24, 2.45) is 10.7 Å². The summed E-state index contributed by atoms with van der Waals surface area (Å²) < 4.78 is 24.3. The maximum atomic E-state index is 13.3. The number of guanidine groups is 1. The third-order valence-electron chi connectivity index (χ3n) is 3.58. The Morgan fingerprint density at radius 3 is 3.15 bits per heavy atom. The molecule has 1 saturated heterocycles. The lowest BCUT2D eigenvalue weighted by Crippen LogP contribution is -2.48. The molecule has 2 N–H and O–H groups in total. The Labute approximate surface area is 117 Å². The minimum atomic E-state index is -0.284. The molecule has 5 nitrogen and oxygen atoms in total. The highest BCUT2D eigenvalue weighted by Gasteiger charge is 2.26. The minimum Gasteiger partial charge on any atom is -0.491 e. The van der Waals surface area contributed by atoms with Crippen LogP contribution in [0.2, 0.25) is 0 Å². The predicted molar refractivity (Wildman–Crippen MR) is 73.2 cm³/mol. The smallest absolute Gasteiger partial charge is 0.192 e. The Kier molecular flexibility index (Phi) is 3.48. The highest BCUT2D eigenvalue weighted by Crippen LogP contribution is 2.35. The van der Waals surface area contributed by atoms with Crippen LogP contribution in [0.1, 0.15) is 18.5 Å². The maximum absolute atomic E-state index is 13.3. The third kappa shape index (κ3) is 2.56. The van der Waals surface area contributed by atoms with Crippen LogP contribution in [-0.2, 0) is 4.74 Å². The van der Waals surface area contributed by atoms with Gasteiger partial charge in [-0.05, 0) is 25.1 Å². The van der Waals surface area contributed by atoms with Crippen LogP contribution in [0.3, 0.4) is 0 Å². The zero-order chi connectivity index (χ0) is 14.1. The van der Waals surface area contributed by atoms with Crippen molar-refractivity contribution in [1.29, 1.82) is 0 Å². The molecule has 3 rings (SSSR count). The number of hydrogen-bond acceptors (Lipinski definition) is 3. The first-order valence-corrected chi connectivity index (χ1v) is 6.75. The van der Waals surface area contributed by atoms with Crippen molar-refractivity contribution in [3.05, 3.63) is 29.6 Å².